The highest BCUT2D eigenvalue weighted by atomic mass is 32.2. The van der Waals surface area contributed by atoms with Gasteiger partial charge in [-0.2, -0.15) is 11.8 Å². The molecule has 1 N–H and O–H groups in total. The molecular formula is C18H29NS. The first kappa shape index (κ1) is 15.9. The van der Waals surface area contributed by atoms with Crippen LogP contribution in [0.15, 0.2) is 24.3 Å². The van der Waals surface area contributed by atoms with Crippen molar-refractivity contribution >= 4 is 11.8 Å². The highest BCUT2D eigenvalue weighted by molar-refractivity contribution is 7.99. The SMILES string of the molecule is CSC1CCCC1NC(C)c1ccc(C(C)(C)C)cc1. The summed E-state index contributed by atoms with van der Waals surface area (Å²) in [6.07, 6.45) is 6.32. The largest absolute Gasteiger partial charge is 0.306 e. The third-order valence-electron chi connectivity index (χ3n) is 4.50. The van der Waals surface area contributed by atoms with Crippen LogP contribution in [0, 0.1) is 0 Å². The molecule has 1 aliphatic rings. The zero-order chi connectivity index (χ0) is 14.8. The van der Waals surface area contributed by atoms with E-state index in [2.05, 4.69) is 63.5 Å². The number of hydrogen-bond acceptors (Lipinski definition) is 2. The lowest BCUT2D eigenvalue weighted by Gasteiger charge is -2.25. The molecule has 2 rings (SSSR count). The predicted molar refractivity (Wildman–Crippen MR) is 91.6 cm³/mol. The van der Waals surface area contributed by atoms with E-state index in [9.17, 15) is 0 Å². The standard InChI is InChI=1S/C18H29NS/c1-13(19-16-7-6-8-17(16)20-5)14-9-11-15(12-10-14)18(2,3)4/h9-13,16-17,19H,6-8H2,1-5H3. The van der Waals surface area contributed by atoms with Crippen molar-refractivity contribution in [2.75, 3.05) is 6.26 Å². The average Bonchev–Trinajstić information content (AvgIpc) is 2.85. The van der Waals surface area contributed by atoms with Gasteiger partial charge < -0.3 is 5.32 Å². The van der Waals surface area contributed by atoms with Crippen LogP contribution in [0.2, 0.25) is 0 Å². The monoisotopic (exact) mass is 291 g/mol. The van der Waals surface area contributed by atoms with E-state index < -0.39 is 0 Å². The lowest BCUT2D eigenvalue weighted by atomic mass is 9.86. The average molecular weight is 292 g/mol. The van der Waals surface area contributed by atoms with Crippen molar-refractivity contribution in [1.82, 2.24) is 5.32 Å². The predicted octanol–water partition coefficient (Wildman–Crippen LogP) is 4.92. The molecule has 3 atom stereocenters. The number of thioether (sulfide) groups is 1. The number of benzene rings is 1. The van der Waals surface area contributed by atoms with Crippen molar-refractivity contribution in [1.29, 1.82) is 0 Å². The van der Waals surface area contributed by atoms with Gasteiger partial charge in [0.1, 0.15) is 0 Å². The Bertz CT molecular complexity index is 418. The molecule has 112 valence electrons. The summed E-state index contributed by atoms with van der Waals surface area (Å²) < 4.78 is 0. The normalized spacial score (nSPS) is 24.9. The maximum absolute atomic E-state index is 3.83. The Kier molecular flexibility index (Phi) is 5.19. The Balaban J connectivity index is 2.00. The topological polar surface area (TPSA) is 12.0 Å². The van der Waals surface area contributed by atoms with Crippen molar-refractivity contribution in [2.45, 2.75) is 69.7 Å². The van der Waals surface area contributed by atoms with E-state index >= 15 is 0 Å². The Hall–Kier alpha value is -0.470. The van der Waals surface area contributed by atoms with E-state index in [4.69, 9.17) is 0 Å². The summed E-state index contributed by atoms with van der Waals surface area (Å²) in [5, 5.41) is 4.63. The van der Waals surface area contributed by atoms with E-state index in [0.29, 0.717) is 12.1 Å². The third-order valence-corrected chi connectivity index (χ3v) is 5.67. The summed E-state index contributed by atoms with van der Waals surface area (Å²) in [7, 11) is 0. The second kappa shape index (κ2) is 6.53. The Labute approximate surface area is 128 Å². The summed E-state index contributed by atoms with van der Waals surface area (Å²) in [6, 6.07) is 10.3. The summed E-state index contributed by atoms with van der Waals surface area (Å²) in [6.45, 7) is 9.10. The van der Waals surface area contributed by atoms with E-state index in [1.54, 1.807) is 0 Å². The van der Waals surface area contributed by atoms with Gasteiger partial charge in [0, 0.05) is 17.3 Å². The molecule has 2 heteroatoms. The maximum Gasteiger partial charge on any atom is 0.0294 e. The Morgan fingerprint density at radius 1 is 1.15 bits per heavy atom. The van der Waals surface area contributed by atoms with Gasteiger partial charge in [-0.3, -0.25) is 0 Å². The van der Waals surface area contributed by atoms with Gasteiger partial charge in [0.2, 0.25) is 0 Å². The van der Waals surface area contributed by atoms with Gasteiger partial charge in [0.25, 0.3) is 0 Å². The fraction of sp³-hybridized carbons (Fsp3) is 0.667. The van der Waals surface area contributed by atoms with Crippen molar-refractivity contribution in [2.24, 2.45) is 0 Å². The summed E-state index contributed by atoms with van der Waals surface area (Å²) in [4.78, 5) is 0. The van der Waals surface area contributed by atoms with Gasteiger partial charge in [0.15, 0.2) is 0 Å². The summed E-state index contributed by atoms with van der Waals surface area (Å²) >= 11 is 2.02. The molecule has 0 amide bonds. The zero-order valence-corrected chi connectivity index (χ0v) is 14.4. The second-order valence-electron chi connectivity index (χ2n) is 7.07. The molecule has 1 aliphatic carbocycles. The molecule has 0 spiro atoms. The van der Waals surface area contributed by atoms with E-state index in [1.807, 2.05) is 11.8 Å². The van der Waals surface area contributed by atoms with Gasteiger partial charge in [-0.05, 0) is 42.6 Å². The van der Waals surface area contributed by atoms with Gasteiger partial charge in [-0.1, -0.05) is 51.5 Å². The maximum atomic E-state index is 3.83. The molecular weight excluding hydrogens is 262 g/mol. The molecule has 1 aromatic carbocycles. The highest BCUT2D eigenvalue weighted by Gasteiger charge is 2.27. The molecule has 0 bridgehead atoms. The quantitative estimate of drug-likeness (QED) is 0.845. The molecule has 0 saturated heterocycles. The van der Waals surface area contributed by atoms with Gasteiger partial charge >= 0.3 is 0 Å². The summed E-state index contributed by atoms with van der Waals surface area (Å²) in [5.41, 5.74) is 3.06. The lowest BCUT2D eigenvalue weighted by molar-refractivity contribution is 0.467. The molecule has 20 heavy (non-hydrogen) atoms. The van der Waals surface area contributed by atoms with E-state index in [1.165, 1.54) is 30.4 Å². The van der Waals surface area contributed by atoms with Crippen LogP contribution >= 0.6 is 11.8 Å². The Morgan fingerprint density at radius 3 is 2.35 bits per heavy atom. The minimum atomic E-state index is 0.241. The van der Waals surface area contributed by atoms with Crippen molar-refractivity contribution in [3.63, 3.8) is 0 Å². The second-order valence-corrected chi connectivity index (χ2v) is 8.15. The van der Waals surface area contributed by atoms with Gasteiger partial charge in [-0.25, -0.2) is 0 Å². The van der Waals surface area contributed by atoms with Gasteiger partial charge in [0.05, 0.1) is 0 Å². The van der Waals surface area contributed by atoms with E-state index in [-0.39, 0.29) is 5.41 Å². The lowest BCUT2D eigenvalue weighted by Crippen LogP contribution is -2.35. The highest BCUT2D eigenvalue weighted by Crippen LogP contribution is 2.30. The zero-order valence-electron chi connectivity index (χ0n) is 13.6. The van der Waals surface area contributed by atoms with Crippen LogP contribution in [0.25, 0.3) is 0 Å². The van der Waals surface area contributed by atoms with Crippen LogP contribution in [0.3, 0.4) is 0 Å². The van der Waals surface area contributed by atoms with Crippen LogP contribution in [0.4, 0.5) is 0 Å². The van der Waals surface area contributed by atoms with Crippen molar-refractivity contribution in [3.05, 3.63) is 35.4 Å². The van der Waals surface area contributed by atoms with Crippen LogP contribution < -0.4 is 5.32 Å². The minimum absolute atomic E-state index is 0.241. The smallest absolute Gasteiger partial charge is 0.0294 e. The van der Waals surface area contributed by atoms with Crippen LogP contribution in [0.1, 0.15) is 64.1 Å². The van der Waals surface area contributed by atoms with Crippen molar-refractivity contribution < 1.29 is 0 Å². The first-order valence-electron chi connectivity index (χ1n) is 7.81. The third kappa shape index (κ3) is 3.79. The fourth-order valence-electron chi connectivity index (χ4n) is 3.09. The van der Waals surface area contributed by atoms with Crippen LogP contribution in [0.5, 0.6) is 0 Å². The summed E-state index contributed by atoms with van der Waals surface area (Å²) in [5.74, 6) is 0. The van der Waals surface area contributed by atoms with Crippen LogP contribution in [-0.2, 0) is 5.41 Å². The van der Waals surface area contributed by atoms with Crippen LogP contribution in [-0.4, -0.2) is 17.5 Å². The molecule has 1 fully saturated rings. The molecule has 1 nitrogen and oxygen atoms in total. The first-order valence-corrected chi connectivity index (χ1v) is 9.10. The molecule has 3 unspecified atom stereocenters. The molecule has 0 radical (unpaired) electrons. The first-order chi connectivity index (χ1) is 9.41. The minimum Gasteiger partial charge on any atom is -0.306 e. The number of rotatable bonds is 4. The number of hydrogen-bond donors (Lipinski definition) is 1. The van der Waals surface area contributed by atoms with Crippen molar-refractivity contribution in [3.8, 4) is 0 Å². The Morgan fingerprint density at radius 2 is 1.80 bits per heavy atom. The molecule has 1 saturated carbocycles. The fourth-order valence-corrected chi connectivity index (χ4v) is 4.03. The molecule has 1 aromatic rings. The molecule has 0 aliphatic heterocycles. The molecule has 0 aromatic heterocycles. The van der Waals surface area contributed by atoms with Gasteiger partial charge in [-0.15, -0.1) is 0 Å². The van der Waals surface area contributed by atoms with E-state index in [0.717, 1.165) is 5.25 Å². The number of nitrogens with one attached hydrogen (secondary N) is 1. The molecule has 0 heterocycles.